The second-order valence-electron chi connectivity index (χ2n) is 7.60. The molecule has 3 aromatic rings. The fourth-order valence-corrected chi connectivity index (χ4v) is 4.27. The minimum absolute atomic E-state index is 0.0556. The third-order valence-corrected chi connectivity index (χ3v) is 6.38. The monoisotopic (exact) mass is 445 g/mol. The van der Waals surface area contributed by atoms with Crippen molar-refractivity contribution in [2.75, 3.05) is 10.6 Å². The van der Waals surface area contributed by atoms with Crippen molar-refractivity contribution in [2.45, 2.75) is 23.0 Å². The summed E-state index contributed by atoms with van der Waals surface area (Å²) in [6, 6.07) is 23.5. The van der Waals surface area contributed by atoms with Crippen LogP contribution in [0.3, 0.4) is 0 Å². The van der Waals surface area contributed by atoms with Gasteiger partial charge in [0.05, 0.1) is 11.3 Å². The van der Waals surface area contributed by atoms with E-state index in [0.29, 0.717) is 5.69 Å². The van der Waals surface area contributed by atoms with Crippen LogP contribution in [0.5, 0.6) is 0 Å². The van der Waals surface area contributed by atoms with E-state index in [-0.39, 0.29) is 23.3 Å². The van der Waals surface area contributed by atoms with Crippen LogP contribution in [0.15, 0.2) is 83.8 Å². The number of hydrogen-bond acceptors (Lipinski definition) is 4. The van der Waals surface area contributed by atoms with Crippen LogP contribution in [0, 0.1) is 5.92 Å². The van der Waals surface area contributed by atoms with Crippen molar-refractivity contribution in [3.05, 3.63) is 90.0 Å². The number of carbonyl (C=O) groups is 3. The van der Waals surface area contributed by atoms with Gasteiger partial charge in [-0.3, -0.25) is 14.4 Å². The molecule has 4 N–H and O–H groups in total. The average molecular weight is 446 g/mol. The number of benzene rings is 3. The molecule has 1 atom stereocenters. The molecular weight excluding hydrogens is 422 g/mol. The molecule has 0 spiro atoms. The molecule has 3 aromatic carbocycles. The minimum Gasteiger partial charge on any atom is -0.366 e. The van der Waals surface area contributed by atoms with Crippen LogP contribution in [0.1, 0.15) is 34.0 Å². The first-order valence-corrected chi connectivity index (χ1v) is 11.2. The van der Waals surface area contributed by atoms with E-state index in [1.165, 1.54) is 11.8 Å². The standard InChI is InChI=1S/C25H23N3O3S/c26-23(29)20-8-4-5-9-21(20)28-25(31)22(16-6-2-1-3-7-16)32-19-14-12-18(13-15-19)27-24(30)17-10-11-17/h1-9,12-15,17,22H,10-11H2,(H2,26,29)(H,27,30)(H,28,31). The van der Waals surface area contributed by atoms with Crippen molar-refractivity contribution in [3.8, 4) is 0 Å². The van der Waals surface area contributed by atoms with Crippen molar-refractivity contribution < 1.29 is 14.4 Å². The summed E-state index contributed by atoms with van der Waals surface area (Å²) in [4.78, 5) is 37.8. The Bertz CT molecular complexity index is 1130. The SMILES string of the molecule is NC(=O)c1ccccc1NC(=O)C(Sc1ccc(NC(=O)C2CC2)cc1)c1ccccc1. The summed E-state index contributed by atoms with van der Waals surface area (Å²) in [5.41, 5.74) is 7.65. The van der Waals surface area contributed by atoms with Crippen LogP contribution in [0.4, 0.5) is 11.4 Å². The Labute approximate surface area is 190 Å². The summed E-state index contributed by atoms with van der Waals surface area (Å²) in [5.74, 6) is -0.673. The van der Waals surface area contributed by atoms with Gasteiger partial charge in [0, 0.05) is 16.5 Å². The first-order valence-electron chi connectivity index (χ1n) is 10.3. The van der Waals surface area contributed by atoms with Crippen LogP contribution in [0.25, 0.3) is 0 Å². The summed E-state index contributed by atoms with van der Waals surface area (Å²) >= 11 is 1.39. The summed E-state index contributed by atoms with van der Waals surface area (Å²) < 4.78 is 0. The van der Waals surface area contributed by atoms with E-state index >= 15 is 0 Å². The molecule has 3 amide bonds. The molecule has 1 saturated carbocycles. The Hall–Kier alpha value is -3.58. The van der Waals surface area contributed by atoms with Gasteiger partial charge in [-0.25, -0.2) is 0 Å². The third-order valence-electron chi connectivity index (χ3n) is 5.11. The molecular formula is C25H23N3O3S. The van der Waals surface area contributed by atoms with Crippen LogP contribution in [0.2, 0.25) is 0 Å². The van der Waals surface area contributed by atoms with Crippen molar-refractivity contribution >= 4 is 40.9 Å². The summed E-state index contributed by atoms with van der Waals surface area (Å²) in [5, 5.41) is 5.22. The quantitative estimate of drug-likeness (QED) is 0.441. The van der Waals surface area contributed by atoms with Crippen molar-refractivity contribution in [1.82, 2.24) is 0 Å². The Morgan fingerprint density at radius 2 is 1.50 bits per heavy atom. The molecule has 0 radical (unpaired) electrons. The molecule has 1 unspecified atom stereocenters. The fraction of sp³-hybridized carbons (Fsp3) is 0.160. The van der Waals surface area contributed by atoms with Crippen LogP contribution >= 0.6 is 11.8 Å². The lowest BCUT2D eigenvalue weighted by Crippen LogP contribution is -2.22. The van der Waals surface area contributed by atoms with Gasteiger partial charge >= 0.3 is 0 Å². The Kier molecular flexibility index (Phi) is 6.56. The molecule has 32 heavy (non-hydrogen) atoms. The van der Waals surface area contributed by atoms with E-state index in [2.05, 4.69) is 10.6 Å². The van der Waals surface area contributed by atoms with Gasteiger partial charge in [0.2, 0.25) is 11.8 Å². The summed E-state index contributed by atoms with van der Waals surface area (Å²) in [6.45, 7) is 0. The number of anilines is 2. The second kappa shape index (κ2) is 9.70. The zero-order chi connectivity index (χ0) is 22.5. The summed E-state index contributed by atoms with van der Waals surface area (Å²) in [7, 11) is 0. The number of nitrogens with two attached hydrogens (primary N) is 1. The highest BCUT2D eigenvalue weighted by Gasteiger charge is 2.29. The number of nitrogens with one attached hydrogen (secondary N) is 2. The normalized spacial score (nSPS) is 13.8. The maximum absolute atomic E-state index is 13.2. The number of hydrogen-bond donors (Lipinski definition) is 3. The number of thioether (sulfide) groups is 1. The van der Waals surface area contributed by atoms with Gasteiger partial charge in [-0.05, 0) is 54.8 Å². The lowest BCUT2D eigenvalue weighted by atomic mass is 10.1. The second-order valence-corrected chi connectivity index (χ2v) is 8.77. The van der Waals surface area contributed by atoms with E-state index in [0.717, 1.165) is 29.0 Å². The molecule has 1 fully saturated rings. The van der Waals surface area contributed by atoms with Gasteiger partial charge in [0.15, 0.2) is 0 Å². The zero-order valence-electron chi connectivity index (χ0n) is 17.3. The Morgan fingerprint density at radius 3 is 2.16 bits per heavy atom. The Morgan fingerprint density at radius 1 is 0.844 bits per heavy atom. The maximum Gasteiger partial charge on any atom is 0.250 e. The van der Waals surface area contributed by atoms with E-state index in [1.54, 1.807) is 24.3 Å². The van der Waals surface area contributed by atoms with E-state index in [4.69, 9.17) is 5.73 Å². The van der Waals surface area contributed by atoms with E-state index in [9.17, 15) is 14.4 Å². The minimum atomic E-state index is -0.603. The number of amides is 3. The van der Waals surface area contributed by atoms with Gasteiger partial charge < -0.3 is 16.4 Å². The lowest BCUT2D eigenvalue weighted by molar-refractivity contribution is -0.117. The third kappa shape index (κ3) is 5.36. The van der Waals surface area contributed by atoms with E-state index in [1.807, 2.05) is 54.6 Å². The molecule has 162 valence electrons. The number of para-hydroxylation sites is 1. The smallest absolute Gasteiger partial charge is 0.250 e. The van der Waals surface area contributed by atoms with Crippen LogP contribution < -0.4 is 16.4 Å². The largest absolute Gasteiger partial charge is 0.366 e. The highest BCUT2D eigenvalue weighted by Crippen LogP contribution is 2.37. The summed E-state index contributed by atoms with van der Waals surface area (Å²) in [6.07, 6.45) is 1.90. The van der Waals surface area contributed by atoms with Gasteiger partial charge in [-0.2, -0.15) is 0 Å². The van der Waals surface area contributed by atoms with Crippen LogP contribution in [-0.4, -0.2) is 17.7 Å². The molecule has 4 rings (SSSR count). The topological polar surface area (TPSA) is 101 Å². The molecule has 0 bridgehead atoms. The number of primary amides is 1. The molecule has 1 aliphatic rings. The van der Waals surface area contributed by atoms with Gasteiger partial charge in [-0.15, -0.1) is 11.8 Å². The molecule has 6 nitrogen and oxygen atoms in total. The highest BCUT2D eigenvalue weighted by molar-refractivity contribution is 8.00. The van der Waals surface area contributed by atoms with Gasteiger partial charge in [0.1, 0.15) is 5.25 Å². The molecule has 0 aliphatic heterocycles. The predicted molar refractivity (Wildman–Crippen MR) is 126 cm³/mol. The van der Waals surface area contributed by atoms with Crippen LogP contribution in [-0.2, 0) is 9.59 Å². The Balaban J connectivity index is 1.53. The molecule has 1 aliphatic carbocycles. The van der Waals surface area contributed by atoms with Crippen molar-refractivity contribution in [2.24, 2.45) is 11.7 Å². The predicted octanol–water partition coefficient (Wildman–Crippen LogP) is 4.61. The van der Waals surface area contributed by atoms with E-state index < -0.39 is 11.2 Å². The fourth-order valence-electron chi connectivity index (χ4n) is 3.25. The van der Waals surface area contributed by atoms with Gasteiger partial charge in [-0.1, -0.05) is 42.5 Å². The number of carbonyl (C=O) groups excluding carboxylic acids is 3. The average Bonchev–Trinajstić information content (AvgIpc) is 3.65. The highest BCUT2D eigenvalue weighted by atomic mass is 32.2. The molecule has 0 saturated heterocycles. The molecule has 0 heterocycles. The zero-order valence-corrected chi connectivity index (χ0v) is 18.1. The first-order chi connectivity index (χ1) is 15.5. The first kappa shape index (κ1) is 21.6. The lowest BCUT2D eigenvalue weighted by Gasteiger charge is -2.18. The molecule has 7 heteroatoms. The van der Waals surface area contributed by atoms with Gasteiger partial charge in [0.25, 0.3) is 5.91 Å². The number of rotatable bonds is 8. The van der Waals surface area contributed by atoms with Crippen molar-refractivity contribution in [1.29, 1.82) is 0 Å². The molecule has 0 aromatic heterocycles. The van der Waals surface area contributed by atoms with Crippen molar-refractivity contribution in [3.63, 3.8) is 0 Å². The maximum atomic E-state index is 13.2.